The van der Waals surface area contributed by atoms with Crippen LogP contribution < -0.4 is 14.4 Å². The van der Waals surface area contributed by atoms with E-state index in [0.29, 0.717) is 13.2 Å². The number of hydrogen-bond acceptors (Lipinski definition) is 4. The summed E-state index contributed by atoms with van der Waals surface area (Å²) < 4.78 is 11.5. The smallest absolute Gasteiger partial charge is 0.143 e. The van der Waals surface area contributed by atoms with Crippen LogP contribution in [0.3, 0.4) is 0 Å². The van der Waals surface area contributed by atoms with Gasteiger partial charge in [-0.2, -0.15) is 0 Å². The number of anilines is 1. The van der Waals surface area contributed by atoms with Crippen molar-refractivity contribution < 1.29 is 14.6 Å². The molecule has 2 aromatic rings. The fourth-order valence-corrected chi connectivity index (χ4v) is 2.63. The van der Waals surface area contributed by atoms with Crippen LogP contribution in [0, 0.1) is 6.92 Å². The number of aliphatic hydroxyl groups is 1. The van der Waals surface area contributed by atoms with Crippen molar-refractivity contribution in [1.82, 2.24) is 0 Å². The fourth-order valence-electron chi connectivity index (χ4n) is 2.63. The van der Waals surface area contributed by atoms with Crippen molar-refractivity contribution in [3.63, 3.8) is 0 Å². The summed E-state index contributed by atoms with van der Waals surface area (Å²) in [5.74, 6) is 1.75. The maximum absolute atomic E-state index is 9.21. The van der Waals surface area contributed by atoms with Crippen LogP contribution in [0.1, 0.15) is 11.1 Å². The molecule has 22 heavy (non-hydrogen) atoms. The minimum atomic E-state index is 0.0348. The van der Waals surface area contributed by atoms with E-state index < -0.39 is 0 Å². The number of fused-ring (bicyclic) bond motifs is 1. The molecule has 0 aliphatic carbocycles. The number of nitrogens with zero attached hydrogens (tertiary/aromatic N) is 1. The molecule has 0 atom stereocenters. The molecule has 1 aliphatic heterocycles. The van der Waals surface area contributed by atoms with E-state index in [-0.39, 0.29) is 6.61 Å². The number of hydrogen-bond donors (Lipinski definition) is 1. The highest BCUT2D eigenvalue weighted by Crippen LogP contribution is 2.32. The molecule has 4 nitrogen and oxygen atoms in total. The first kappa shape index (κ1) is 14.7. The fraction of sp³-hybridized carbons (Fsp3) is 0.333. The second-order valence-corrected chi connectivity index (χ2v) is 5.46. The molecule has 0 radical (unpaired) electrons. The van der Waals surface area contributed by atoms with Crippen LogP contribution in [-0.2, 0) is 6.61 Å². The second kappa shape index (κ2) is 6.71. The minimum Gasteiger partial charge on any atom is -0.492 e. The SMILES string of the molecule is Cc1cccc(OCCN2CCOc3cc(CO)ccc32)c1. The summed E-state index contributed by atoms with van der Waals surface area (Å²) >= 11 is 0. The molecule has 4 heteroatoms. The van der Waals surface area contributed by atoms with Gasteiger partial charge >= 0.3 is 0 Å². The lowest BCUT2D eigenvalue weighted by molar-refractivity contribution is 0.275. The molecular weight excluding hydrogens is 278 g/mol. The molecule has 2 aromatic carbocycles. The molecule has 3 rings (SSSR count). The van der Waals surface area contributed by atoms with Crippen LogP contribution in [0.4, 0.5) is 5.69 Å². The summed E-state index contributed by atoms with van der Waals surface area (Å²) in [7, 11) is 0. The topological polar surface area (TPSA) is 41.9 Å². The summed E-state index contributed by atoms with van der Waals surface area (Å²) in [5, 5.41) is 9.21. The number of aryl methyl sites for hydroxylation is 1. The van der Waals surface area contributed by atoms with E-state index in [9.17, 15) is 5.11 Å². The van der Waals surface area contributed by atoms with Gasteiger partial charge in [0.1, 0.15) is 24.7 Å². The molecule has 0 spiro atoms. The molecule has 1 aliphatic rings. The Bertz CT molecular complexity index is 642. The van der Waals surface area contributed by atoms with E-state index >= 15 is 0 Å². The number of ether oxygens (including phenoxy) is 2. The minimum absolute atomic E-state index is 0.0348. The van der Waals surface area contributed by atoms with Crippen LogP contribution in [-0.4, -0.2) is 31.4 Å². The van der Waals surface area contributed by atoms with E-state index in [0.717, 1.165) is 35.8 Å². The first-order valence-electron chi connectivity index (χ1n) is 7.57. The molecule has 0 bridgehead atoms. The van der Waals surface area contributed by atoms with Gasteiger partial charge in [0.2, 0.25) is 0 Å². The van der Waals surface area contributed by atoms with Crippen LogP contribution >= 0.6 is 0 Å². The third-order valence-corrected chi connectivity index (χ3v) is 3.79. The van der Waals surface area contributed by atoms with E-state index in [1.807, 2.05) is 36.4 Å². The van der Waals surface area contributed by atoms with Gasteiger partial charge in [0, 0.05) is 0 Å². The molecule has 0 unspecified atom stereocenters. The van der Waals surface area contributed by atoms with Crippen LogP contribution in [0.5, 0.6) is 11.5 Å². The van der Waals surface area contributed by atoms with Gasteiger partial charge < -0.3 is 19.5 Å². The van der Waals surface area contributed by atoms with Gasteiger partial charge in [-0.15, -0.1) is 0 Å². The average Bonchev–Trinajstić information content (AvgIpc) is 2.54. The van der Waals surface area contributed by atoms with E-state index in [1.54, 1.807) is 0 Å². The Hall–Kier alpha value is -2.20. The maximum atomic E-state index is 9.21. The Balaban J connectivity index is 1.62. The van der Waals surface area contributed by atoms with Crippen molar-refractivity contribution in [3.05, 3.63) is 53.6 Å². The predicted molar refractivity (Wildman–Crippen MR) is 86.7 cm³/mol. The normalized spacial score (nSPS) is 13.5. The van der Waals surface area contributed by atoms with Crippen molar-refractivity contribution >= 4 is 5.69 Å². The summed E-state index contributed by atoms with van der Waals surface area (Å²) in [4.78, 5) is 2.26. The van der Waals surface area contributed by atoms with Gasteiger partial charge in [-0.1, -0.05) is 18.2 Å². The first-order chi connectivity index (χ1) is 10.8. The molecule has 0 amide bonds. The predicted octanol–water partition coefficient (Wildman–Crippen LogP) is 2.77. The Morgan fingerprint density at radius 2 is 2.14 bits per heavy atom. The summed E-state index contributed by atoms with van der Waals surface area (Å²) in [6.45, 7) is 5.04. The monoisotopic (exact) mass is 299 g/mol. The van der Waals surface area contributed by atoms with E-state index in [2.05, 4.69) is 17.9 Å². The molecule has 1 N–H and O–H groups in total. The van der Waals surface area contributed by atoms with Crippen molar-refractivity contribution in [1.29, 1.82) is 0 Å². The van der Waals surface area contributed by atoms with E-state index in [1.165, 1.54) is 5.56 Å². The standard InChI is InChI=1S/C18H21NO3/c1-14-3-2-4-16(11-14)21-9-7-19-8-10-22-18-12-15(13-20)5-6-17(18)19/h2-6,11-12,20H,7-10,13H2,1H3. The van der Waals surface area contributed by atoms with Crippen LogP contribution in [0.25, 0.3) is 0 Å². The number of benzene rings is 2. The lowest BCUT2D eigenvalue weighted by atomic mass is 10.1. The largest absolute Gasteiger partial charge is 0.492 e. The lowest BCUT2D eigenvalue weighted by Crippen LogP contribution is -2.35. The highest BCUT2D eigenvalue weighted by atomic mass is 16.5. The van der Waals surface area contributed by atoms with Gasteiger partial charge in [-0.25, -0.2) is 0 Å². The lowest BCUT2D eigenvalue weighted by Gasteiger charge is -2.31. The summed E-state index contributed by atoms with van der Waals surface area (Å²) in [6, 6.07) is 13.9. The van der Waals surface area contributed by atoms with Gasteiger partial charge in [0.15, 0.2) is 0 Å². The Morgan fingerprint density at radius 3 is 2.95 bits per heavy atom. The molecule has 0 aromatic heterocycles. The van der Waals surface area contributed by atoms with Crippen LogP contribution in [0.2, 0.25) is 0 Å². The van der Waals surface area contributed by atoms with Gasteiger partial charge in [-0.3, -0.25) is 0 Å². The maximum Gasteiger partial charge on any atom is 0.143 e. The third kappa shape index (κ3) is 3.34. The number of aliphatic hydroxyl groups excluding tert-OH is 1. The zero-order valence-electron chi connectivity index (χ0n) is 12.8. The van der Waals surface area contributed by atoms with Gasteiger partial charge in [0.05, 0.1) is 25.4 Å². The summed E-state index contributed by atoms with van der Waals surface area (Å²) in [5.41, 5.74) is 3.14. The molecule has 0 saturated heterocycles. The zero-order valence-corrected chi connectivity index (χ0v) is 12.8. The highest BCUT2D eigenvalue weighted by molar-refractivity contribution is 5.61. The zero-order chi connectivity index (χ0) is 15.4. The number of rotatable bonds is 5. The molecular formula is C18H21NO3. The molecule has 0 fully saturated rings. The van der Waals surface area contributed by atoms with Crippen molar-refractivity contribution in [2.24, 2.45) is 0 Å². The van der Waals surface area contributed by atoms with Crippen molar-refractivity contribution in [2.75, 3.05) is 31.2 Å². The quantitative estimate of drug-likeness (QED) is 0.922. The van der Waals surface area contributed by atoms with Gasteiger partial charge in [0.25, 0.3) is 0 Å². The average molecular weight is 299 g/mol. The van der Waals surface area contributed by atoms with Crippen molar-refractivity contribution in [2.45, 2.75) is 13.5 Å². The highest BCUT2D eigenvalue weighted by Gasteiger charge is 2.18. The Labute approximate surface area is 130 Å². The Kier molecular flexibility index (Phi) is 4.49. The third-order valence-electron chi connectivity index (χ3n) is 3.79. The molecule has 1 heterocycles. The van der Waals surface area contributed by atoms with Gasteiger partial charge in [-0.05, 0) is 42.3 Å². The molecule has 116 valence electrons. The van der Waals surface area contributed by atoms with Crippen molar-refractivity contribution in [3.8, 4) is 11.5 Å². The second-order valence-electron chi connectivity index (χ2n) is 5.46. The summed E-state index contributed by atoms with van der Waals surface area (Å²) in [6.07, 6.45) is 0. The molecule has 0 saturated carbocycles. The van der Waals surface area contributed by atoms with E-state index in [4.69, 9.17) is 9.47 Å². The first-order valence-corrected chi connectivity index (χ1v) is 7.57. The van der Waals surface area contributed by atoms with Crippen LogP contribution in [0.15, 0.2) is 42.5 Å². The Morgan fingerprint density at radius 1 is 1.23 bits per heavy atom.